The molecule has 7 heteroatoms. The van der Waals surface area contributed by atoms with Gasteiger partial charge in [0.1, 0.15) is 17.9 Å². The maximum absolute atomic E-state index is 11.9. The fourth-order valence-electron chi connectivity index (χ4n) is 1.78. The molecule has 0 radical (unpaired) electrons. The highest BCUT2D eigenvalue weighted by atomic mass is 35.5. The molecule has 2 aromatic rings. The van der Waals surface area contributed by atoms with E-state index in [2.05, 4.69) is 5.32 Å². The molecule has 0 unspecified atom stereocenters. The lowest BCUT2D eigenvalue weighted by molar-refractivity contribution is -0.385. The Bertz CT molecular complexity index is 673. The van der Waals surface area contributed by atoms with E-state index in [4.69, 9.17) is 16.3 Å². The molecule has 114 valence electrons. The molecule has 22 heavy (non-hydrogen) atoms. The first-order chi connectivity index (χ1) is 10.6. The Labute approximate surface area is 131 Å². The Morgan fingerprint density at radius 2 is 1.86 bits per heavy atom. The third kappa shape index (κ3) is 4.20. The summed E-state index contributed by atoms with van der Waals surface area (Å²) in [5.74, 6) is 0.122. The molecule has 0 fully saturated rings. The Morgan fingerprint density at radius 1 is 1.18 bits per heavy atom. The van der Waals surface area contributed by atoms with Crippen LogP contribution < -0.4 is 10.1 Å². The zero-order valence-corrected chi connectivity index (χ0v) is 12.2. The van der Waals surface area contributed by atoms with Crippen LogP contribution >= 0.6 is 11.6 Å². The predicted octanol–water partition coefficient (Wildman–Crippen LogP) is 3.06. The van der Waals surface area contributed by atoms with Gasteiger partial charge < -0.3 is 10.1 Å². The highest BCUT2D eigenvalue weighted by Crippen LogP contribution is 2.17. The number of nitrogens with one attached hydrogen (secondary N) is 1. The third-order valence-electron chi connectivity index (χ3n) is 2.82. The van der Waals surface area contributed by atoms with E-state index in [1.54, 1.807) is 30.3 Å². The van der Waals surface area contributed by atoms with Crippen LogP contribution in [0, 0.1) is 10.1 Å². The zero-order valence-electron chi connectivity index (χ0n) is 11.5. The van der Waals surface area contributed by atoms with Crippen LogP contribution in [0.1, 0.15) is 10.4 Å². The minimum absolute atomic E-state index is 0.0268. The molecule has 6 nitrogen and oxygen atoms in total. The molecule has 0 spiro atoms. The highest BCUT2D eigenvalue weighted by Gasteiger charge is 2.18. The van der Waals surface area contributed by atoms with Crippen LogP contribution in [-0.4, -0.2) is 24.0 Å². The summed E-state index contributed by atoms with van der Waals surface area (Å²) in [5.41, 5.74) is -0.197. The van der Waals surface area contributed by atoms with Gasteiger partial charge in [-0.1, -0.05) is 23.7 Å². The van der Waals surface area contributed by atoms with Crippen molar-refractivity contribution in [3.63, 3.8) is 0 Å². The number of benzene rings is 2. The van der Waals surface area contributed by atoms with Gasteiger partial charge in [-0.2, -0.15) is 0 Å². The summed E-state index contributed by atoms with van der Waals surface area (Å²) in [7, 11) is 0. The first kappa shape index (κ1) is 15.8. The normalized spacial score (nSPS) is 10.0. The molecule has 0 aliphatic carbocycles. The summed E-state index contributed by atoms with van der Waals surface area (Å²) in [4.78, 5) is 22.2. The van der Waals surface area contributed by atoms with E-state index in [9.17, 15) is 14.9 Å². The number of rotatable bonds is 6. The first-order valence-corrected chi connectivity index (χ1v) is 6.85. The number of hydrogen-bond acceptors (Lipinski definition) is 4. The first-order valence-electron chi connectivity index (χ1n) is 6.48. The number of amides is 1. The van der Waals surface area contributed by atoms with Crippen molar-refractivity contribution in [2.24, 2.45) is 0 Å². The average molecular weight is 321 g/mol. The summed E-state index contributed by atoms with van der Waals surface area (Å²) < 4.78 is 5.42. The SMILES string of the molecule is O=C(NCCOc1ccc(Cl)cc1)c1ccccc1[N+](=O)[O-]. The van der Waals surface area contributed by atoms with Gasteiger partial charge in [-0.05, 0) is 30.3 Å². The quantitative estimate of drug-likeness (QED) is 0.504. The molecule has 0 aliphatic rings. The molecule has 1 amide bonds. The van der Waals surface area contributed by atoms with Crippen molar-refractivity contribution in [1.82, 2.24) is 5.32 Å². The molecule has 0 saturated heterocycles. The number of nitrogens with zero attached hydrogens (tertiary/aromatic N) is 1. The minimum Gasteiger partial charge on any atom is -0.492 e. The number of carbonyl (C=O) groups excluding carboxylic acids is 1. The van der Waals surface area contributed by atoms with Crippen LogP contribution in [0.15, 0.2) is 48.5 Å². The maximum atomic E-state index is 11.9. The second-order valence-electron chi connectivity index (χ2n) is 4.33. The molecule has 2 rings (SSSR count). The van der Waals surface area contributed by atoms with Crippen LogP contribution in [0.25, 0.3) is 0 Å². The number of para-hydroxylation sites is 1. The van der Waals surface area contributed by atoms with Crippen molar-refractivity contribution in [1.29, 1.82) is 0 Å². The Balaban J connectivity index is 1.86. The van der Waals surface area contributed by atoms with Gasteiger partial charge in [-0.3, -0.25) is 14.9 Å². The van der Waals surface area contributed by atoms with E-state index in [0.717, 1.165) is 0 Å². The number of carbonyl (C=O) groups is 1. The summed E-state index contributed by atoms with van der Waals surface area (Å²) in [6.45, 7) is 0.474. The zero-order chi connectivity index (χ0) is 15.9. The van der Waals surface area contributed by atoms with Crippen LogP contribution in [0.4, 0.5) is 5.69 Å². The molecule has 0 aliphatic heterocycles. The molecule has 2 aromatic carbocycles. The van der Waals surface area contributed by atoms with E-state index in [-0.39, 0.29) is 24.4 Å². The summed E-state index contributed by atoms with van der Waals surface area (Å²) in [6.07, 6.45) is 0. The Morgan fingerprint density at radius 3 is 2.55 bits per heavy atom. The van der Waals surface area contributed by atoms with Gasteiger partial charge >= 0.3 is 0 Å². The van der Waals surface area contributed by atoms with Crippen LogP contribution in [0.5, 0.6) is 5.75 Å². The Hall–Kier alpha value is -2.60. The van der Waals surface area contributed by atoms with Crippen molar-refractivity contribution in [3.05, 3.63) is 69.2 Å². The number of hydrogen-bond donors (Lipinski definition) is 1. The fourth-order valence-corrected chi connectivity index (χ4v) is 1.91. The number of nitro groups is 1. The second kappa shape index (κ2) is 7.42. The van der Waals surface area contributed by atoms with Crippen LogP contribution in [0.3, 0.4) is 0 Å². The smallest absolute Gasteiger partial charge is 0.282 e. The largest absolute Gasteiger partial charge is 0.492 e. The average Bonchev–Trinajstić information content (AvgIpc) is 2.53. The summed E-state index contributed by atoms with van der Waals surface area (Å²) in [6, 6.07) is 12.6. The van der Waals surface area contributed by atoms with Gasteiger partial charge in [0.15, 0.2) is 0 Å². The Kier molecular flexibility index (Phi) is 5.32. The number of halogens is 1. The van der Waals surface area contributed by atoms with E-state index >= 15 is 0 Å². The third-order valence-corrected chi connectivity index (χ3v) is 3.07. The molecular formula is C15H13ClN2O4. The summed E-state index contributed by atoms with van der Waals surface area (Å²) >= 11 is 5.76. The second-order valence-corrected chi connectivity index (χ2v) is 4.77. The van der Waals surface area contributed by atoms with E-state index in [1.807, 2.05) is 0 Å². The number of nitro benzene ring substituents is 1. The van der Waals surface area contributed by atoms with Gasteiger partial charge in [-0.25, -0.2) is 0 Å². The maximum Gasteiger partial charge on any atom is 0.282 e. The van der Waals surface area contributed by atoms with E-state index in [0.29, 0.717) is 10.8 Å². The van der Waals surface area contributed by atoms with Gasteiger partial charge in [0, 0.05) is 11.1 Å². The lowest BCUT2D eigenvalue weighted by Gasteiger charge is -2.08. The molecule has 0 bridgehead atoms. The van der Waals surface area contributed by atoms with Crippen molar-refractivity contribution in [3.8, 4) is 5.75 Å². The molecule has 0 atom stereocenters. The molecule has 0 saturated carbocycles. The van der Waals surface area contributed by atoms with Gasteiger partial charge in [-0.15, -0.1) is 0 Å². The molecule has 0 aromatic heterocycles. The van der Waals surface area contributed by atoms with Crippen LogP contribution in [0.2, 0.25) is 5.02 Å². The molecular weight excluding hydrogens is 308 g/mol. The fraction of sp³-hybridized carbons (Fsp3) is 0.133. The summed E-state index contributed by atoms with van der Waals surface area (Å²) in [5, 5.41) is 14.0. The monoisotopic (exact) mass is 320 g/mol. The van der Waals surface area contributed by atoms with E-state index < -0.39 is 10.8 Å². The van der Waals surface area contributed by atoms with Gasteiger partial charge in [0.2, 0.25) is 0 Å². The van der Waals surface area contributed by atoms with Gasteiger partial charge in [0.05, 0.1) is 11.5 Å². The lowest BCUT2D eigenvalue weighted by atomic mass is 10.1. The van der Waals surface area contributed by atoms with Crippen molar-refractivity contribution >= 4 is 23.2 Å². The molecule has 0 heterocycles. The molecule has 1 N–H and O–H groups in total. The van der Waals surface area contributed by atoms with E-state index in [1.165, 1.54) is 18.2 Å². The topological polar surface area (TPSA) is 81.5 Å². The van der Waals surface area contributed by atoms with Crippen molar-refractivity contribution in [2.75, 3.05) is 13.2 Å². The minimum atomic E-state index is -0.584. The van der Waals surface area contributed by atoms with Crippen molar-refractivity contribution < 1.29 is 14.5 Å². The van der Waals surface area contributed by atoms with Crippen LogP contribution in [-0.2, 0) is 0 Å². The standard InChI is InChI=1S/C15H13ClN2O4/c16-11-5-7-12(8-6-11)22-10-9-17-15(19)13-3-1-2-4-14(13)18(20)21/h1-8H,9-10H2,(H,17,19). The van der Waals surface area contributed by atoms with Crippen molar-refractivity contribution in [2.45, 2.75) is 0 Å². The highest BCUT2D eigenvalue weighted by molar-refractivity contribution is 6.30. The lowest BCUT2D eigenvalue weighted by Crippen LogP contribution is -2.28. The van der Waals surface area contributed by atoms with Gasteiger partial charge in [0.25, 0.3) is 11.6 Å². The predicted molar refractivity (Wildman–Crippen MR) is 82.4 cm³/mol. The number of ether oxygens (including phenoxy) is 1.